The van der Waals surface area contributed by atoms with Crippen LogP contribution in [0.25, 0.3) is 0 Å². The number of rotatable bonds is 1. The van der Waals surface area contributed by atoms with Crippen molar-refractivity contribution in [3.05, 3.63) is 0 Å². The summed E-state index contributed by atoms with van der Waals surface area (Å²) < 4.78 is 0. The first kappa shape index (κ1) is 8.35. The van der Waals surface area contributed by atoms with Crippen LogP contribution in [0.1, 0.15) is 32.6 Å². The van der Waals surface area contributed by atoms with Gasteiger partial charge in [0.05, 0.1) is 11.5 Å². The predicted molar refractivity (Wildman–Crippen MR) is 43.3 cm³/mol. The van der Waals surface area contributed by atoms with Gasteiger partial charge in [0.15, 0.2) is 0 Å². The SMILES string of the molecule is C[C@H]1CCCC[C@@]1(O)CCl. The number of alkyl halides is 1. The Kier molecular flexibility index (Phi) is 2.59. The molecule has 1 aliphatic rings. The standard InChI is InChI=1S/C8H15ClO/c1-7-4-2-3-5-8(7,10)6-9/h7,10H,2-6H2,1H3/t7-,8+/m0/s1. The van der Waals surface area contributed by atoms with Crippen molar-refractivity contribution in [2.75, 3.05) is 5.88 Å². The van der Waals surface area contributed by atoms with Crippen molar-refractivity contribution in [3.8, 4) is 0 Å². The van der Waals surface area contributed by atoms with Gasteiger partial charge in [-0.2, -0.15) is 0 Å². The second-order valence-corrected chi connectivity index (χ2v) is 3.65. The molecule has 0 aromatic carbocycles. The van der Waals surface area contributed by atoms with Gasteiger partial charge in [0, 0.05) is 0 Å². The minimum atomic E-state index is -0.556. The Morgan fingerprint density at radius 1 is 1.60 bits per heavy atom. The summed E-state index contributed by atoms with van der Waals surface area (Å²) >= 11 is 5.67. The fourth-order valence-electron chi connectivity index (χ4n) is 1.60. The second-order valence-electron chi connectivity index (χ2n) is 3.38. The smallest absolute Gasteiger partial charge is 0.0807 e. The lowest BCUT2D eigenvalue weighted by Gasteiger charge is -2.36. The van der Waals surface area contributed by atoms with Gasteiger partial charge in [-0.3, -0.25) is 0 Å². The van der Waals surface area contributed by atoms with Crippen molar-refractivity contribution in [3.63, 3.8) is 0 Å². The molecule has 0 saturated heterocycles. The van der Waals surface area contributed by atoms with Crippen LogP contribution in [0.2, 0.25) is 0 Å². The lowest BCUT2D eigenvalue weighted by Crippen LogP contribution is -2.40. The van der Waals surface area contributed by atoms with E-state index < -0.39 is 5.60 Å². The summed E-state index contributed by atoms with van der Waals surface area (Å²) in [6, 6.07) is 0. The lowest BCUT2D eigenvalue weighted by molar-refractivity contribution is -0.0206. The van der Waals surface area contributed by atoms with Gasteiger partial charge >= 0.3 is 0 Å². The molecule has 1 fully saturated rings. The minimum absolute atomic E-state index is 0.388. The average Bonchev–Trinajstić information content (AvgIpc) is 1.96. The number of aliphatic hydroxyl groups is 1. The highest BCUT2D eigenvalue weighted by Crippen LogP contribution is 2.33. The normalized spacial score (nSPS) is 41.7. The van der Waals surface area contributed by atoms with Gasteiger partial charge in [0.2, 0.25) is 0 Å². The van der Waals surface area contributed by atoms with Crippen molar-refractivity contribution in [2.45, 2.75) is 38.2 Å². The zero-order chi connectivity index (χ0) is 7.61. The van der Waals surface area contributed by atoms with Gasteiger partial charge in [-0.1, -0.05) is 19.8 Å². The molecule has 0 aromatic heterocycles. The molecule has 1 N–H and O–H groups in total. The molecule has 2 heteroatoms. The van der Waals surface area contributed by atoms with E-state index in [4.69, 9.17) is 11.6 Å². The third-order valence-corrected chi connectivity index (χ3v) is 3.11. The van der Waals surface area contributed by atoms with Gasteiger partial charge in [-0.05, 0) is 18.8 Å². The fourth-order valence-corrected chi connectivity index (χ4v) is 1.99. The van der Waals surface area contributed by atoms with Gasteiger partial charge < -0.3 is 5.11 Å². The van der Waals surface area contributed by atoms with Crippen molar-refractivity contribution in [1.29, 1.82) is 0 Å². The van der Waals surface area contributed by atoms with Crippen LogP contribution in [0, 0.1) is 5.92 Å². The molecule has 1 saturated carbocycles. The highest BCUT2D eigenvalue weighted by atomic mass is 35.5. The van der Waals surface area contributed by atoms with Crippen LogP contribution >= 0.6 is 11.6 Å². The molecule has 60 valence electrons. The highest BCUT2D eigenvalue weighted by Gasteiger charge is 2.34. The quantitative estimate of drug-likeness (QED) is 0.586. The first-order chi connectivity index (χ1) is 4.69. The van der Waals surface area contributed by atoms with E-state index in [0.29, 0.717) is 11.8 Å². The zero-order valence-electron chi connectivity index (χ0n) is 6.44. The van der Waals surface area contributed by atoms with Crippen LogP contribution in [0.4, 0.5) is 0 Å². The minimum Gasteiger partial charge on any atom is -0.388 e. The maximum atomic E-state index is 9.82. The van der Waals surface area contributed by atoms with Gasteiger partial charge in [-0.25, -0.2) is 0 Å². The van der Waals surface area contributed by atoms with Gasteiger partial charge in [-0.15, -0.1) is 11.6 Å². The number of hydrogen-bond acceptors (Lipinski definition) is 1. The summed E-state index contributed by atoms with van der Waals surface area (Å²) in [5, 5.41) is 9.82. The first-order valence-electron chi connectivity index (χ1n) is 3.97. The van der Waals surface area contributed by atoms with E-state index in [1.807, 2.05) is 0 Å². The van der Waals surface area contributed by atoms with Crippen molar-refractivity contribution in [1.82, 2.24) is 0 Å². The van der Waals surface area contributed by atoms with E-state index in [1.54, 1.807) is 0 Å². The summed E-state index contributed by atoms with van der Waals surface area (Å²) in [7, 11) is 0. The summed E-state index contributed by atoms with van der Waals surface area (Å²) in [5.74, 6) is 0.785. The molecule has 0 spiro atoms. The topological polar surface area (TPSA) is 20.2 Å². The molecule has 0 aliphatic heterocycles. The Morgan fingerprint density at radius 2 is 2.30 bits per heavy atom. The van der Waals surface area contributed by atoms with Gasteiger partial charge in [0.25, 0.3) is 0 Å². The molecule has 2 atom stereocenters. The summed E-state index contributed by atoms with van der Waals surface area (Å²) in [6.07, 6.45) is 4.40. The zero-order valence-corrected chi connectivity index (χ0v) is 7.19. The molecule has 0 unspecified atom stereocenters. The monoisotopic (exact) mass is 162 g/mol. The third-order valence-electron chi connectivity index (χ3n) is 2.65. The maximum Gasteiger partial charge on any atom is 0.0807 e. The molecule has 1 nitrogen and oxygen atoms in total. The first-order valence-corrected chi connectivity index (χ1v) is 4.51. The summed E-state index contributed by atoms with van der Waals surface area (Å²) in [4.78, 5) is 0. The van der Waals surface area contributed by atoms with Crippen LogP contribution in [0.15, 0.2) is 0 Å². The molecule has 0 bridgehead atoms. The maximum absolute atomic E-state index is 9.82. The van der Waals surface area contributed by atoms with Crippen LogP contribution in [0.3, 0.4) is 0 Å². The molecule has 1 rings (SSSR count). The molecular formula is C8H15ClO. The molecule has 0 amide bonds. The number of hydrogen-bond donors (Lipinski definition) is 1. The largest absolute Gasteiger partial charge is 0.388 e. The van der Waals surface area contributed by atoms with Crippen LogP contribution < -0.4 is 0 Å². The molecule has 0 radical (unpaired) electrons. The van der Waals surface area contributed by atoms with E-state index in [9.17, 15) is 5.11 Å². The van der Waals surface area contributed by atoms with Gasteiger partial charge in [0.1, 0.15) is 0 Å². The second kappa shape index (κ2) is 3.10. The van der Waals surface area contributed by atoms with E-state index in [2.05, 4.69) is 6.92 Å². The Hall–Kier alpha value is 0.250. The molecule has 0 aromatic rings. The fraction of sp³-hybridized carbons (Fsp3) is 1.00. The molecule has 0 heterocycles. The average molecular weight is 163 g/mol. The van der Waals surface area contributed by atoms with Crippen LogP contribution in [-0.2, 0) is 0 Å². The van der Waals surface area contributed by atoms with Crippen LogP contribution in [-0.4, -0.2) is 16.6 Å². The van der Waals surface area contributed by atoms with E-state index in [0.717, 1.165) is 19.3 Å². The van der Waals surface area contributed by atoms with Crippen molar-refractivity contribution >= 4 is 11.6 Å². The lowest BCUT2D eigenvalue weighted by atomic mass is 9.78. The predicted octanol–water partition coefficient (Wildman–Crippen LogP) is 2.17. The third kappa shape index (κ3) is 1.46. The summed E-state index contributed by atoms with van der Waals surface area (Å²) in [5.41, 5.74) is -0.556. The molecule has 1 aliphatic carbocycles. The van der Waals surface area contributed by atoms with Crippen molar-refractivity contribution < 1.29 is 5.11 Å². The van der Waals surface area contributed by atoms with E-state index in [-0.39, 0.29) is 0 Å². The van der Waals surface area contributed by atoms with Crippen LogP contribution in [0.5, 0.6) is 0 Å². The number of halogens is 1. The summed E-state index contributed by atoms with van der Waals surface area (Å²) in [6.45, 7) is 2.08. The molecule has 10 heavy (non-hydrogen) atoms. The Labute approximate surface area is 67.4 Å². The Morgan fingerprint density at radius 3 is 2.70 bits per heavy atom. The Balaban J connectivity index is 2.54. The highest BCUT2D eigenvalue weighted by molar-refractivity contribution is 6.18. The van der Waals surface area contributed by atoms with Crippen molar-refractivity contribution in [2.24, 2.45) is 5.92 Å². The molecular weight excluding hydrogens is 148 g/mol. The van der Waals surface area contributed by atoms with E-state index >= 15 is 0 Å². The Bertz CT molecular complexity index is 116. The van der Waals surface area contributed by atoms with E-state index in [1.165, 1.54) is 6.42 Å².